The Morgan fingerprint density at radius 2 is 1.82 bits per heavy atom. The molecule has 1 aromatic heterocycles. The van der Waals surface area contributed by atoms with E-state index < -0.39 is 5.91 Å². The Balaban J connectivity index is 1.68. The number of nitrogen functional groups attached to an aromatic ring is 2. The van der Waals surface area contributed by atoms with E-state index in [2.05, 4.69) is 26.7 Å². The quantitative estimate of drug-likeness (QED) is 0.250. The number of piperidine rings is 1. The molecule has 1 aliphatic rings. The smallest absolute Gasteiger partial charge is 0.280 e. The van der Waals surface area contributed by atoms with Gasteiger partial charge in [0.05, 0.1) is 0 Å². The van der Waals surface area contributed by atoms with Crippen LogP contribution < -0.4 is 27.8 Å². The van der Waals surface area contributed by atoms with Crippen molar-refractivity contribution in [3.05, 3.63) is 52.8 Å². The van der Waals surface area contributed by atoms with E-state index in [1.54, 1.807) is 0 Å². The van der Waals surface area contributed by atoms with Gasteiger partial charge in [0.2, 0.25) is 0 Å². The highest BCUT2D eigenvalue weighted by molar-refractivity contribution is 6.31. The predicted molar refractivity (Wildman–Crippen MR) is 130 cm³/mol. The number of carbonyl (C=O) groups is 1. The molecule has 0 spiro atoms. The Bertz CT molecular complexity index is 1060. The number of nitrogens with two attached hydrogens (primary N) is 3. The van der Waals surface area contributed by atoms with Crippen molar-refractivity contribution >= 4 is 47.1 Å². The van der Waals surface area contributed by atoms with Crippen molar-refractivity contribution in [3.63, 3.8) is 0 Å². The monoisotopic (exact) mass is 470 g/mol. The maximum Gasteiger partial charge on any atom is 0.280 e. The number of nitrogens with zero attached hydrogens (tertiary/aromatic N) is 3. The first-order valence-electron chi connectivity index (χ1n) is 10.2. The van der Waals surface area contributed by atoms with Gasteiger partial charge in [-0.1, -0.05) is 54.1 Å². The fraction of sp³-hybridized carbons (Fsp3) is 0.286. The second kappa shape index (κ2) is 10.2. The lowest BCUT2D eigenvalue weighted by Gasteiger charge is -2.40. The number of hydrogen-bond acceptors (Lipinski definition) is 7. The third-order valence-corrected chi connectivity index (χ3v) is 5.78. The van der Waals surface area contributed by atoms with Gasteiger partial charge >= 0.3 is 0 Å². The lowest BCUT2D eigenvalue weighted by atomic mass is 9.77. The van der Waals surface area contributed by atoms with Crippen molar-refractivity contribution in [2.45, 2.75) is 12.8 Å². The number of aromatic nitrogens is 2. The number of benzene rings is 1. The molecule has 12 heteroatoms. The molecule has 0 unspecified atom stereocenters. The Morgan fingerprint density at radius 3 is 2.45 bits per heavy atom. The van der Waals surface area contributed by atoms with Gasteiger partial charge in [-0.2, -0.15) is 0 Å². The summed E-state index contributed by atoms with van der Waals surface area (Å²) in [5.41, 5.74) is 17.4. The zero-order valence-corrected chi connectivity index (χ0v) is 18.7. The number of likely N-dealkylation sites (tertiary alicyclic amines) is 1. The van der Waals surface area contributed by atoms with Gasteiger partial charge < -0.3 is 27.4 Å². The van der Waals surface area contributed by atoms with Crippen LogP contribution in [0.5, 0.6) is 0 Å². The van der Waals surface area contributed by atoms with E-state index in [4.69, 9.17) is 39.6 Å². The normalized spacial score (nSPS) is 15.2. The number of carbonyl (C=O) groups excluding carboxylic acids is 1. The van der Waals surface area contributed by atoms with Gasteiger partial charge in [0, 0.05) is 25.0 Å². The zero-order valence-electron chi connectivity index (χ0n) is 17.9. The first-order valence-corrected chi connectivity index (χ1v) is 10.6. The maximum atomic E-state index is 12.5. The summed E-state index contributed by atoms with van der Waals surface area (Å²) in [6, 6.07) is 9.90. The van der Waals surface area contributed by atoms with Crippen LogP contribution in [-0.4, -0.2) is 52.3 Å². The molecule has 10 N–H and O–H groups in total. The SMILES string of the molecule is N=C(NCC1(C=Cc2ccccc2)CCN(C(=N)N)CC1)NC(=O)c1nc(Cl)c(N)nc1N. The molecule has 0 atom stereocenters. The third kappa shape index (κ3) is 6.10. The molecule has 0 aliphatic carbocycles. The van der Waals surface area contributed by atoms with E-state index in [0.717, 1.165) is 18.4 Å². The first kappa shape index (κ1) is 23.8. The number of halogens is 1. The van der Waals surface area contributed by atoms with Gasteiger partial charge in [-0.15, -0.1) is 0 Å². The lowest BCUT2D eigenvalue weighted by Crippen LogP contribution is -2.50. The molecule has 1 aliphatic heterocycles. The van der Waals surface area contributed by atoms with Crippen molar-refractivity contribution in [3.8, 4) is 0 Å². The largest absolute Gasteiger partial charge is 0.382 e. The minimum atomic E-state index is -0.723. The van der Waals surface area contributed by atoms with Gasteiger partial charge in [0.1, 0.15) is 0 Å². The summed E-state index contributed by atoms with van der Waals surface area (Å²) in [6.45, 7) is 1.63. The molecule has 1 fully saturated rings. The topological polar surface area (TPSA) is 196 Å². The van der Waals surface area contributed by atoms with E-state index in [1.165, 1.54) is 0 Å². The third-order valence-electron chi connectivity index (χ3n) is 5.50. The van der Waals surface area contributed by atoms with Gasteiger partial charge in [-0.05, 0) is 18.4 Å². The molecule has 0 bridgehead atoms. The number of anilines is 2. The highest BCUT2D eigenvalue weighted by Gasteiger charge is 2.33. The van der Waals surface area contributed by atoms with E-state index in [9.17, 15) is 4.79 Å². The van der Waals surface area contributed by atoms with Crippen LogP contribution in [0, 0.1) is 16.2 Å². The molecule has 2 heterocycles. The molecule has 1 saturated heterocycles. The second-order valence-electron chi connectivity index (χ2n) is 7.79. The fourth-order valence-corrected chi connectivity index (χ4v) is 3.65. The van der Waals surface area contributed by atoms with Crippen LogP contribution in [-0.2, 0) is 0 Å². The van der Waals surface area contributed by atoms with Crippen LogP contribution in [0.2, 0.25) is 5.15 Å². The Labute approximate surface area is 196 Å². The maximum absolute atomic E-state index is 12.5. The van der Waals surface area contributed by atoms with Crippen LogP contribution in [0.4, 0.5) is 11.6 Å². The molecular formula is C21H27ClN10O. The van der Waals surface area contributed by atoms with Gasteiger partial charge in [0.25, 0.3) is 5.91 Å². The summed E-state index contributed by atoms with van der Waals surface area (Å²) in [5.74, 6) is -1.15. The molecule has 11 nitrogen and oxygen atoms in total. The van der Waals surface area contributed by atoms with Gasteiger partial charge in [0.15, 0.2) is 34.4 Å². The standard InChI is InChI=1S/C21H27ClN10O/c22-15-17(24)30-16(23)14(29-15)18(33)31-20(27)28-12-21(7-6-13-4-2-1-3-5-13)8-10-32(11-9-21)19(25)26/h1-7H,8-12H2,(H3,25,26)(H4,23,24,30)(H3,27,28,31,33). The summed E-state index contributed by atoms with van der Waals surface area (Å²) in [4.78, 5) is 21.9. The summed E-state index contributed by atoms with van der Waals surface area (Å²) < 4.78 is 0. The number of hydrogen-bond donors (Lipinski definition) is 7. The first-order chi connectivity index (χ1) is 15.7. The van der Waals surface area contributed by atoms with Gasteiger partial charge in [-0.3, -0.25) is 20.9 Å². The minimum Gasteiger partial charge on any atom is -0.382 e. The highest BCUT2D eigenvalue weighted by atomic mass is 35.5. The van der Waals surface area contributed by atoms with E-state index in [-0.39, 0.29) is 39.8 Å². The minimum absolute atomic E-state index is 0.0458. The van der Waals surface area contributed by atoms with Crippen molar-refractivity contribution in [1.29, 1.82) is 10.8 Å². The van der Waals surface area contributed by atoms with Crippen molar-refractivity contribution in [1.82, 2.24) is 25.5 Å². The summed E-state index contributed by atoms with van der Waals surface area (Å²) in [7, 11) is 0. The fourth-order valence-electron chi connectivity index (χ4n) is 3.52. The molecule has 0 radical (unpaired) electrons. The molecule has 3 rings (SSSR count). The lowest BCUT2D eigenvalue weighted by molar-refractivity contribution is 0.0970. The number of rotatable bonds is 5. The highest BCUT2D eigenvalue weighted by Crippen LogP contribution is 2.33. The molecule has 33 heavy (non-hydrogen) atoms. The second-order valence-corrected chi connectivity index (χ2v) is 8.15. The van der Waals surface area contributed by atoms with Crippen LogP contribution in [0.15, 0.2) is 36.4 Å². The average Bonchev–Trinajstić information content (AvgIpc) is 2.80. The molecular weight excluding hydrogens is 444 g/mol. The molecule has 0 saturated carbocycles. The van der Waals surface area contributed by atoms with Gasteiger partial charge in [-0.25, -0.2) is 9.97 Å². The summed E-state index contributed by atoms with van der Waals surface area (Å²) in [6.07, 6.45) is 5.59. The van der Waals surface area contributed by atoms with E-state index in [1.807, 2.05) is 41.3 Å². The Kier molecular flexibility index (Phi) is 7.34. The molecule has 1 aromatic carbocycles. The number of guanidine groups is 2. The predicted octanol–water partition coefficient (Wildman–Crippen LogP) is 1.24. The van der Waals surface area contributed by atoms with Crippen molar-refractivity contribution < 1.29 is 4.79 Å². The number of amides is 1. The van der Waals surface area contributed by atoms with Crippen LogP contribution >= 0.6 is 11.6 Å². The van der Waals surface area contributed by atoms with E-state index >= 15 is 0 Å². The number of nitrogens with one attached hydrogen (secondary N) is 4. The molecule has 2 aromatic rings. The van der Waals surface area contributed by atoms with Crippen LogP contribution in [0.25, 0.3) is 6.08 Å². The molecule has 174 valence electrons. The van der Waals surface area contributed by atoms with Crippen LogP contribution in [0.3, 0.4) is 0 Å². The van der Waals surface area contributed by atoms with Crippen molar-refractivity contribution in [2.75, 3.05) is 31.1 Å². The Hall–Kier alpha value is -3.86. The summed E-state index contributed by atoms with van der Waals surface area (Å²) in [5, 5.41) is 21.1. The Morgan fingerprint density at radius 1 is 1.15 bits per heavy atom. The van der Waals surface area contributed by atoms with Crippen molar-refractivity contribution in [2.24, 2.45) is 11.1 Å². The van der Waals surface area contributed by atoms with Crippen LogP contribution in [0.1, 0.15) is 28.9 Å². The summed E-state index contributed by atoms with van der Waals surface area (Å²) >= 11 is 5.83. The zero-order chi connectivity index (χ0) is 24.0. The van der Waals surface area contributed by atoms with E-state index in [0.29, 0.717) is 19.6 Å². The average molecular weight is 471 g/mol. The molecule has 1 amide bonds.